The van der Waals surface area contributed by atoms with E-state index in [-0.39, 0.29) is 6.04 Å². The highest BCUT2D eigenvalue weighted by Crippen LogP contribution is 2.26. The molecular weight excluding hydrogens is 234 g/mol. The lowest BCUT2D eigenvalue weighted by molar-refractivity contribution is 0.335. The minimum Gasteiger partial charge on any atom is -0.312 e. The predicted molar refractivity (Wildman–Crippen MR) is 75.1 cm³/mol. The fourth-order valence-corrected chi connectivity index (χ4v) is 2.46. The van der Waals surface area contributed by atoms with Gasteiger partial charge in [0.25, 0.3) is 0 Å². The molecule has 3 nitrogen and oxygen atoms in total. The van der Waals surface area contributed by atoms with E-state index >= 15 is 0 Å². The van der Waals surface area contributed by atoms with Crippen LogP contribution in [-0.2, 0) is 9.84 Å². The summed E-state index contributed by atoms with van der Waals surface area (Å²) in [5.74, 6) is 0.547. The standard InChI is InChI=1S/C13H29NO2S/c1-7-9-14-12(10-11(3)8-2)13(4,5)17(6,15)16/h11-12,14H,7-10H2,1-6H3. The van der Waals surface area contributed by atoms with Crippen LogP contribution in [0, 0.1) is 5.92 Å². The first-order valence-electron chi connectivity index (χ1n) is 6.59. The Bertz CT molecular complexity index is 309. The van der Waals surface area contributed by atoms with E-state index in [4.69, 9.17) is 0 Å². The van der Waals surface area contributed by atoms with Crippen molar-refractivity contribution in [2.24, 2.45) is 5.92 Å². The van der Waals surface area contributed by atoms with Crippen molar-refractivity contribution >= 4 is 9.84 Å². The zero-order valence-corrected chi connectivity index (χ0v) is 13.0. The van der Waals surface area contributed by atoms with Gasteiger partial charge in [-0.15, -0.1) is 0 Å². The van der Waals surface area contributed by atoms with Gasteiger partial charge in [-0.1, -0.05) is 27.2 Å². The van der Waals surface area contributed by atoms with Crippen LogP contribution in [0.25, 0.3) is 0 Å². The summed E-state index contributed by atoms with van der Waals surface area (Å²) in [6.07, 6.45) is 4.36. The van der Waals surface area contributed by atoms with E-state index in [2.05, 4.69) is 26.1 Å². The third kappa shape index (κ3) is 4.96. The highest BCUT2D eigenvalue weighted by molar-refractivity contribution is 7.92. The molecule has 2 atom stereocenters. The second kappa shape index (κ2) is 6.74. The van der Waals surface area contributed by atoms with Crippen LogP contribution in [0.2, 0.25) is 0 Å². The fraction of sp³-hybridized carbons (Fsp3) is 1.00. The molecular formula is C13H29NO2S. The SMILES string of the molecule is CCCNC(CC(C)CC)C(C)(C)S(C)(=O)=O. The van der Waals surface area contributed by atoms with E-state index in [9.17, 15) is 8.42 Å². The number of nitrogens with one attached hydrogen (secondary N) is 1. The Labute approximate surface area is 107 Å². The Balaban J connectivity index is 4.90. The van der Waals surface area contributed by atoms with Gasteiger partial charge in [0.15, 0.2) is 9.84 Å². The molecule has 0 rings (SSSR count). The quantitative estimate of drug-likeness (QED) is 0.732. The van der Waals surface area contributed by atoms with Gasteiger partial charge in [0.2, 0.25) is 0 Å². The molecule has 4 heteroatoms. The van der Waals surface area contributed by atoms with Crippen molar-refractivity contribution in [3.63, 3.8) is 0 Å². The van der Waals surface area contributed by atoms with Crippen LogP contribution in [0.3, 0.4) is 0 Å². The van der Waals surface area contributed by atoms with Gasteiger partial charge in [0.05, 0.1) is 4.75 Å². The molecule has 17 heavy (non-hydrogen) atoms. The summed E-state index contributed by atoms with van der Waals surface area (Å²) in [5.41, 5.74) is 0. The lowest BCUT2D eigenvalue weighted by Crippen LogP contribution is -2.52. The smallest absolute Gasteiger partial charge is 0.154 e. The van der Waals surface area contributed by atoms with Crippen molar-refractivity contribution in [2.75, 3.05) is 12.8 Å². The Morgan fingerprint density at radius 1 is 1.24 bits per heavy atom. The molecule has 0 aliphatic carbocycles. The van der Waals surface area contributed by atoms with Gasteiger partial charge in [-0.05, 0) is 39.2 Å². The average Bonchev–Trinajstić information content (AvgIpc) is 2.21. The second-order valence-corrected chi connectivity index (χ2v) is 8.23. The molecule has 0 bridgehead atoms. The number of sulfone groups is 1. The van der Waals surface area contributed by atoms with E-state index < -0.39 is 14.6 Å². The van der Waals surface area contributed by atoms with Crippen molar-refractivity contribution < 1.29 is 8.42 Å². The number of rotatable bonds is 8. The lowest BCUT2D eigenvalue weighted by atomic mass is 9.91. The van der Waals surface area contributed by atoms with Crippen molar-refractivity contribution in [3.05, 3.63) is 0 Å². The summed E-state index contributed by atoms with van der Waals surface area (Å²) in [5, 5.41) is 3.40. The number of hydrogen-bond acceptors (Lipinski definition) is 3. The molecule has 0 aromatic heterocycles. The maximum atomic E-state index is 11.9. The van der Waals surface area contributed by atoms with E-state index in [0.29, 0.717) is 5.92 Å². The Morgan fingerprint density at radius 2 is 1.76 bits per heavy atom. The summed E-state index contributed by atoms with van der Waals surface area (Å²) >= 11 is 0. The summed E-state index contributed by atoms with van der Waals surface area (Å²) in [7, 11) is -3.05. The van der Waals surface area contributed by atoms with Gasteiger partial charge >= 0.3 is 0 Å². The predicted octanol–water partition coefficient (Wildman–Crippen LogP) is 2.61. The molecule has 1 N–H and O–H groups in total. The first-order chi connectivity index (χ1) is 7.66. The molecule has 0 spiro atoms. The normalized spacial score (nSPS) is 16.8. The first-order valence-corrected chi connectivity index (χ1v) is 8.48. The van der Waals surface area contributed by atoms with E-state index in [1.54, 1.807) is 0 Å². The summed E-state index contributed by atoms with van der Waals surface area (Å²) < 4.78 is 23.1. The van der Waals surface area contributed by atoms with Gasteiger partial charge in [-0.25, -0.2) is 8.42 Å². The largest absolute Gasteiger partial charge is 0.312 e. The zero-order chi connectivity index (χ0) is 13.7. The second-order valence-electron chi connectivity index (χ2n) is 5.63. The molecule has 0 aromatic carbocycles. The van der Waals surface area contributed by atoms with Crippen molar-refractivity contribution in [1.29, 1.82) is 0 Å². The van der Waals surface area contributed by atoms with Gasteiger partial charge < -0.3 is 5.32 Å². The van der Waals surface area contributed by atoms with Crippen LogP contribution >= 0.6 is 0 Å². The van der Waals surface area contributed by atoms with Gasteiger partial charge in [-0.3, -0.25) is 0 Å². The maximum absolute atomic E-state index is 11.9. The van der Waals surface area contributed by atoms with Crippen molar-refractivity contribution in [1.82, 2.24) is 5.32 Å². The highest BCUT2D eigenvalue weighted by atomic mass is 32.2. The third-order valence-electron chi connectivity index (χ3n) is 3.77. The van der Waals surface area contributed by atoms with Gasteiger partial charge in [0.1, 0.15) is 0 Å². The van der Waals surface area contributed by atoms with Crippen LogP contribution < -0.4 is 5.32 Å². The van der Waals surface area contributed by atoms with Crippen LogP contribution in [0.5, 0.6) is 0 Å². The van der Waals surface area contributed by atoms with Gasteiger partial charge in [-0.2, -0.15) is 0 Å². The summed E-state index contributed by atoms with van der Waals surface area (Å²) in [4.78, 5) is 0. The van der Waals surface area contributed by atoms with E-state index in [0.717, 1.165) is 25.8 Å². The minimum absolute atomic E-state index is 0.0346. The maximum Gasteiger partial charge on any atom is 0.154 e. The van der Waals surface area contributed by atoms with Crippen molar-refractivity contribution in [2.45, 2.75) is 64.7 Å². The molecule has 0 heterocycles. The Hall–Kier alpha value is -0.0900. The zero-order valence-electron chi connectivity index (χ0n) is 12.2. The van der Waals surface area contributed by atoms with E-state index in [1.165, 1.54) is 6.26 Å². The van der Waals surface area contributed by atoms with Crippen LogP contribution in [0.4, 0.5) is 0 Å². The highest BCUT2D eigenvalue weighted by Gasteiger charge is 2.38. The Morgan fingerprint density at radius 3 is 2.12 bits per heavy atom. The minimum atomic E-state index is -3.05. The molecule has 0 amide bonds. The first kappa shape index (κ1) is 16.9. The average molecular weight is 263 g/mol. The van der Waals surface area contributed by atoms with Crippen LogP contribution in [0.1, 0.15) is 53.9 Å². The monoisotopic (exact) mass is 263 g/mol. The summed E-state index contributed by atoms with van der Waals surface area (Å²) in [6.45, 7) is 11.0. The molecule has 0 fully saturated rings. The van der Waals surface area contributed by atoms with Crippen molar-refractivity contribution in [3.8, 4) is 0 Å². The molecule has 0 saturated carbocycles. The van der Waals surface area contributed by atoms with Crippen LogP contribution in [-0.4, -0.2) is 32.0 Å². The molecule has 0 saturated heterocycles. The summed E-state index contributed by atoms with van der Waals surface area (Å²) in [6, 6.07) is 0.0346. The third-order valence-corrected chi connectivity index (χ3v) is 5.97. The molecule has 104 valence electrons. The fourth-order valence-electron chi connectivity index (χ4n) is 1.76. The van der Waals surface area contributed by atoms with E-state index in [1.807, 2.05) is 13.8 Å². The van der Waals surface area contributed by atoms with Crippen LogP contribution in [0.15, 0.2) is 0 Å². The topological polar surface area (TPSA) is 46.2 Å². The Kier molecular flexibility index (Phi) is 6.70. The molecule has 2 unspecified atom stereocenters. The molecule has 0 aliphatic heterocycles. The number of hydrogen-bond donors (Lipinski definition) is 1. The molecule has 0 radical (unpaired) electrons. The van der Waals surface area contributed by atoms with Gasteiger partial charge in [0, 0.05) is 12.3 Å². The lowest BCUT2D eigenvalue weighted by Gasteiger charge is -2.35. The molecule has 0 aliphatic rings. The molecule has 0 aromatic rings.